The summed E-state index contributed by atoms with van der Waals surface area (Å²) in [7, 11) is 0. The number of hydrogen-bond acceptors (Lipinski definition) is 0. The molecule has 0 saturated carbocycles. The number of aromatic nitrogens is 1. The van der Waals surface area contributed by atoms with E-state index in [-0.39, 0.29) is 0 Å². The van der Waals surface area contributed by atoms with E-state index in [2.05, 4.69) is 132 Å². The Kier molecular flexibility index (Phi) is 3.59. The second kappa shape index (κ2) is 6.87. The summed E-state index contributed by atoms with van der Waals surface area (Å²) in [6, 6.07) is 46.8. The SMILES string of the molecule is c1ccc(-c2ccc(-c3cc4c5ccccc5n5c6cccc7c8ccccc8c3c(c76)c45)cc2)cc1. The molecule has 0 amide bonds. The molecule has 9 rings (SSSR count). The van der Waals surface area contributed by atoms with Crippen molar-refractivity contribution in [3.8, 4) is 22.3 Å². The minimum absolute atomic E-state index is 1.24. The summed E-state index contributed by atoms with van der Waals surface area (Å²) in [5, 5.41) is 10.8. The smallest absolute Gasteiger partial charge is 0.0627 e. The summed E-state index contributed by atoms with van der Waals surface area (Å²) in [5.41, 5.74) is 8.98. The molecule has 0 unspecified atom stereocenters. The first-order chi connectivity index (χ1) is 18.4. The van der Waals surface area contributed by atoms with Gasteiger partial charge in [0.2, 0.25) is 0 Å². The molecule has 0 bridgehead atoms. The van der Waals surface area contributed by atoms with Gasteiger partial charge in [0.25, 0.3) is 0 Å². The third kappa shape index (κ3) is 2.39. The van der Waals surface area contributed by atoms with Crippen molar-refractivity contribution in [1.82, 2.24) is 4.40 Å². The van der Waals surface area contributed by atoms with E-state index >= 15 is 0 Å². The fourth-order valence-corrected chi connectivity index (χ4v) is 6.75. The van der Waals surface area contributed by atoms with Crippen LogP contribution in [-0.2, 0) is 0 Å². The maximum Gasteiger partial charge on any atom is 0.0627 e. The van der Waals surface area contributed by atoms with Gasteiger partial charge in [-0.25, -0.2) is 0 Å². The van der Waals surface area contributed by atoms with Crippen molar-refractivity contribution in [2.45, 2.75) is 0 Å². The van der Waals surface area contributed by atoms with E-state index in [4.69, 9.17) is 0 Å². The van der Waals surface area contributed by atoms with Gasteiger partial charge >= 0.3 is 0 Å². The van der Waals surface area contributed by atoms with Crippen LogP contribution in [0.4, 0.5) is 0 Å². The molecule has 1 heteroatoms. The first kappa shape index (κ1) is 19.3. The second-order valence-electron chi connectivity index (χ2n) is 10.1. The Labute approximate surface area is 213 Å². The van der Waals surface area contributed by atoms with Gasteiger partial charge in [-0.2, -0.15) is 0 Å². The highest BCUT2D eigenvalue weighted by molar-refractivity contribution is 6.40. The molecule has 0 radical (unpaired) electrons. The van der Waals surface area contributed by atoms with Gasteiger partial charge < -0.3 is 4.40 Å². The molecule has 37 heavy (non-hydrogen) atoms. The number of hydrogen-bond donors (Lipinski definition) is 0. The Morgan fingerprint density at radius 2 is 0.946 bits per heavy atom. The van der Waals surface area contributed by atoms with Gasteiger partial charge in [-0.15, -0.1) is 0 Å². The molecule has 0 aliphatic heterocycles. The van der Waals surface area contributed by atoms with E-state index in [1.54, 1.807) is 0 Å². The highest BCUT2D eigenvalue weighted by atomic mass is 14.9. The van der Waals surface area contributed by atoms with E-state index in [9.17, 15) is 0 Å². The standard InChI is InChI=1S/C36H21N/c1-2-9-22(10-3-1)23-17-19-24(20-18-23)29-21-30-26-12-6-7-15-31(26)37-32-16-8-14-28-25-11-4-5-13-27(25)33(29)35(34(28)32)36(30)37/h1-21H. The van der Waals surface area contributed by atoms with Crippen LogP contribution in [0.25, 0.3) is 81.9 Å². The van der Waals surface area contributed by atoms with E-state index < -0.39 is 0 Å². The molecule has 0 spiro atoms. The predicted molar refractivity (Wildman–Crippen MR) is 158 cm³/mol. The van der Waals surface area contributed by atoms with Crippen molar-refractivity contribution in [2.24, 2.45) is 0 Å². The van der Waals surface area contributed by atoms with Crippen LogP contribution in [0, 0.1) is 0 Å². The lowest BCUT2D eigenvalue weighted by Gasteiger charge is -2.14. The first-order valence-electron chi connectivity index (χ1n) is 12.9. The minimum atomic E-state index is 1.24. The Bertz CT molecular complexity index is 2270. The van der Waals surface area contributed by atoms with Gasteiger partial charge in [-0.05, 0) is 56.6 Å². The number of para-hydroxylation sites is 1. The summed E-state index contributed by atoms with van der Waals surface area (Å²) in [4.78, 5) is 0. The molecule has 0 fully saturated rings. The molecule has 0 N–H and O–H groups in total. The Morgan fingerprint density at radius 1 is 0.351 bits per heavy atom. The molecule has 2 heterocycles. The van der Waals surface area contributed by atoms with Crippen LogP contribution >= 0.6 is 0 Å². The summed E-state index contributed by atoms with van der Waals surface area (Å²) in [6.45, 7) is 0. The molecular formula is C36H21N. The maximum atomic E-state index is 2.50. The normalized spacial score (nSPS) is 12.3. The monoisotopic (exact) mass is 467 g/mol. The second-order valence-corrected chi connectivity index (χ2v) is 10.1. The summed E-state index contributed by atoms with van der Waals surface area (Å²) < 4.78 is 2.50. The van der Waals surface area contributed by atoms with Crippen LogP contribution in [0.15, 0.2) is 127 Å². The van der Waals surface area contributed by atoms with Crippen LogP contribution in [0.5, 0.6) is 0 Å². The zero-order valence-electron chi connectivity index (χ0n) is 20.1. The van der Waals surface area contributed by atoms with Crippen LogP contribution in [0.2, 0.25) is 0 Å². The van der Waals surface area contributed by atoms with Gasteiger partial charge in [-0.3, -0.25) is 0 Å². The zero-order valence-corrected chi connectivity index (χ0v) is 20.1. The molecule has 9 aromatic rings. The Morgan fingerprint density at radius 3 is 1.78 bits per heavy atom. The van der Waals surface area contributed by atoms with Gasteiger partial charge in [-0.1, -0.05) is 109 Å². The minimum Gasteiger partial charge on any atom is -0.308 e. The quantitative estimate of drug-likeness (QED) is 0.223. The topological polar surface area (TPSA) is 4.41 Å². The van der Waals surface area contributed by atoms with Crippen LogP contribution < -0.4 is 0 Å². The third-order valence-corrected chi connectivity index (χ3v) is 8.28. The van der Waals surface area contributed by atoms with Gasteiger partial charge in [0.05, 0.1) is 16.6 Å². The van der Waals surface area contributed by atoms with Crippen molar-refractivity contribution in [2.75, 3.05) is 0 Å². The van der Waals surface area contributed by atoms with Crippen molar-refractivity contribution in [3.05, 3.63) is 127 Å². The summed E-state index contributed by atoms with van der Waals surface area (Å²) >= 11 is 0. The lowest BCUT2D eigenvalue weighted by atomic mass is 9.88. The van der Waals surface area contributed by atoms with Crippen molar-refractivity contribution < 1.29 is 0 Å². The predicted octanol–water partition coefficient (Wildman–Crippen LogP) is 9.91. The molecule has 0 saturated heterocycles. The van der Waals surface area contributed by atoms with Gasteiger partial charge in [0.15, 0.2) is 0 Å². The molecule has 0 aliphatic rings. The number of benzene rings is 7. The molecule has 2 aromatic heterocycles. The van der Waals surface area contributed by atoms with E-state index in [1.165, 1.54) is 81.9 Å². The summed E-state index contributed by atoms with van der Waals surface area (Å²) in [5.74, 6) is 0. The van der Waals surface area contributed by atoms with E-state index in [0.717, 1.165) is 0 Å². The largest absolute Gasteiger partial charge is 0.308 e. The van der Waals surface area contributed by atoms with Gasteiger partial charge in [0.1, 0.15) is 0 Å². The molecule has 1 nitrogen and oxygen atoms in total. The van der Waals surface area contributed by atoms with E-state index in [0.29, 0.717) is 0 Å². The molecule has 0 atom stereocenters. The number of rotatable bonds is 2. The Hall–Kier alpha value is -4.88. The third-order valence-electron chi connectivity index (χ3n) is 8.28. The van der Waals surface area contributed by atoms with Crippen LogP contribution in [-0.4, -0.2) is 4.40 Å². The van der Waals surface area contributed by atoms with Crippen molar-refractivity contribution in [1.29, 1.82) is 0 Å². The van der Waals surface area contributed by atoms with Crippen LogP contribution in [0.3, 0.4) is 0 Å². The number of fused-ring (bicyclic) bond motifs is 7. The Balaban J connectivity index is 1.50. The average Bonchev–Trinajstić information content (AvgIpc) is 3.50. The lowest BCUT2D eigenvalue weighted by Crippen LogP contribution is -1.87. The molecule has 170 valence electrons. The molecule has 0 aliphatic carbocycles. The molecular weight excluding hydrogens is 446 g/mol. The average molecular weight is 468 g/mol. The van der Waals surface area contributed by atoms with Crippen molar-refractivity contribution in [3.63, 3.8) is 0 Å². The highest BCUT2D eigenvalue weighted by Crippen LogP contribution is 2.50. The van der Waals surface area contributed by atoms with E-state index in [1.807, 2.05) is 0 Å². The summed E-state index contributed by atoms with van der Waals surface area (Å²) in [6.07, 6.45) is 0. The zero-order chi connectivity index (χ0) is 24.1. The first-order valence-corrected chi connectivity index (χ1v) is 12.9. The van der Waals surface area contributed by atoms with Crippen molar-refractivity contribution >= 4 is 59.6 Å². The van der Waals surface area contributed by atoms with Gasteiger partial charge in [0, 0.05) is 26.9 Å². The maximum absolute atomic E-state index is 2.50. The number of nitrogens with zero attached hydrogens (tertiary/aromatic N) is 1. The fourth-order valence-electron chi connectivity index (χ4n) is 6.75. The fraction of sp³-hybridized carbons (Fsp3) is 0. The lowest BCUT2D eigenvalue weighted by molar-refractivity contribution is 1.37. The van der Waals surface area contributed by atoms with Crippen LogP contribution in [0.1, 0.15) is 0 Å². The highest BCUT2D eigenvalue weighted by Gasteiger charge is 2.24. The molecule has 7 aromatic carbocycles.